The molecule has 1 aromatic carbocycles. The summed E-state index contributed by atoms with van der Waals surface area (Å²) < 4.78 is 7.70. The number of hydrogen-bond acceptors (Lipinski definition) is 3. The number of furan rings is 1. The van der Waals surface area contributed by atoms with E-state index >= 15 is 0 Å². The van der Waals surface area contributed by atoms with E-state index in [0.717, 1.165) is 39.7 Å². The molecule has 3 nitrogen and oxygen atoms in total. The van der Waals surface area contributed by atoms with Gasteiger partial charge in [-0.3, -0.25) is 0 Å². The van der Waals surface area contributed by atoms with Crippen LogP contribution in [0.3, 0.4) is 0 Å². The third kappa shape index (κ3) is 3.48. The van der Waals surface area contributed by atoms with Crippen LogP contribution in [0.4, 0.5) is 0 Å². The summed E-state index contributed by atoms with van der Waals surface area (Å²) >= 11 is -1.98. The van der Waals surface area contributed by atoms with Crippen molar-refractivity contribution in [1.29, 1.82) is 0 Å². The Morgan fingerprint density at radius 2 is 1.82 bits per heavy atom. The first-order valence-corrected chi connectivity index (χ1v) is 17.4. The fourth-order valence-electron chi connectivity index (χ4n) is 3.90. The van der Waals surface area contributed by atoms with E-state index in [4.69, 9.17) is 9.40 Å². The van der Waals surface area contributed by atoms with Gasteiger partial charge < -0.3 is 0 Å². The Bertz CT molecular complexity index is 1170. The second-order valence-electron chi connectivity index (χ2n) is 9.16. The van der Waals surface area contributed by atoms with Gasteiger partial charge in [-0.15, -0.1) is 0 Å². The van der Waals surface area contributed by atoms with Gasteiger partial charge in [0.2, 0.25) is 0 Å². The zero-order valence-electron chi connectivity index (χ0n) is 17.6. The summed E-state index contributed by atoms with van der Waals surface area (Å²) in [6, 6.07) is 12.7. The van der Waals surface area contributed by atoms with Crippen LogP contribution in [-0.2, 0) is 6.42 Å². The van der Waals surface area contributed by atoms with Gasteiger partial charge in [0.05, 0.1) is 0 Å². The van der Waals surface area contributed by atoms with Crippen LogP contribution < -0.4 is 4.40 Å². The van der Waals surface area contributed by atoms with Crippen LogP contribution in [0.15, 0.2) is 47.0 Å². The Morgan fingerprint density at radius 3 is 2.54 bits per heavy atom. The van der Waals surface area contributed by atoms with Crippen molar-refractivity contribution in [2.45, 2.75) is 44.5 Å². The molecular formula is C24H28GeN2O. The van der Waals surface area contributed by atoms with Crippen LogP contribution in [0.2, 0.25) is 17.3 Å². The van der Waals surface area contributed by atoms with Crippen LogP contribution in [0.5, 0.6) is 0 Å². The third-order valence-corrected chi connectivity index (χ3v) is 9.54. The third-order valence-electron chi connectivity index (χ3n) is 5.21. The van der Waals surface area contributed by atoms with E-state index in [-0.39, 0.29) is 0 Å². The molecule has 0 spiro atoms. The number of hydrogen-bond donors (Lipinski definition) is 0. The molecule has 0 aliphatic rings. The van der Waals surface area contributed by atoms with Gasteiger partial charge in [0.25, 0.3) is 0 Å². The molecule has 0 N–H and O–H groups in total. The number of para-hydroxylation sites is 1. The molecule has 4 aromatic rings. The fraction of sp³-hybridized carbons (Fsp3) is 0.333. The Hall–Kier alpha value is -2.14. The van der Waals surface area contributed by atoms with E-state index in [9.17, 15) is 0 Å². The van der Waals surface area contributed by atoms with Gasteiger partial charge in [0.1, 0.15) is 0 Å². The standard InChI is InChI=1S/C24H28GeN2O/c1-15(2)12-17-13-22(26-14-21(17)25(4,5)6)20-9-7-8-18-19-11-10-16(3)27-24(19)28-23(18)20/h7-11,13-15H,12H2,1-6H3. The van der Waals surface area contributed by atoms with E-state index in [1.165, 1.54) is 9.96 Å². The molecule has 0 saturated carbocycles. The quantitative estimate of drug-likeness (QED) is 0.366. The first-order valence-electron chi connectivity index (χ1n) is 10.0. The first kappa shape index (κ1) is 19.2. The predicted molar refractivity (Wildman–Crippen MR) is 121 cm³/mol. The zero-order chi connectivity index (χ0) is 20.1. The van der Waals surface area contributed by atoms with Crippen molar-refractivity contribution in [1.82, 2.24) is 9.97 Å². The molecule has 28 heavy (non-hydrogen) atoms. The van der Waals surface area contributed by atoms with Crippen LogP contribution in [0.25, 0.3) is 33.3 Å². The molecule has 0 atom stereocenters. The second kappa shape index (κ2) is 7.03. The summed E-state index contributed by atoms with van der Waals surface area (Å²) in [6.45, 7) is 6.56. The number of rotatable bonds is 4. The molecule has 0 saturated heterocycles. The van der Waals surface area contributed by atoms with E-state index in [1.807, 2.05) is 13.0 Å². The van der Waals surface area contributed by atoms with Crippen molar-refractivity contribution < 1.29 is 4.42 Å². The summed E-state index contributed by atoms with van der Waals surface area (Å²) in [4.78, 5) is 9.46. The second-order valence-corrected chi connectivity index (χ2v) is 19.7. The molecule has 144 valence electrons. The van der Waals surface area contributed by atoms with E-state index in [0.29, 0.717) is 11.6 Å². The van der Waals surface area contributed by atoms with Crippen LogP contribution in [0.1, 0.15) is 25.1 Å². The maximum atomic E-state index is 6.20. The van der Waals surface area contributed by atoms with Crippen LogP contribution in [0, 0.1) is 12.8 Å². The Balaban J connectivity index is 1.93. The summed E-state index contributed by atoms with van der Waals surface area (Å²) in [5.41, 5.74) is 6.04. The Kier molecular flexibility index (Phi) is 4.82. The predicted octanol–water partition coefficient (Wildman–Crippen LogP) is 6.10. The molecule has 4 heteroatoms. The van der Waals surface area contributed by atoms with Crippen LogP contribution >= 0.6 is 0 Å². The molecule has 4 rings (SSSR count). The van der Waals surface area contributed by atoms with E-state index < -0.39 is 13.3 Å². The number of nitrogens with zero attached hydrogens (tertiary/aromatic N) is 2. The molecule has 0 radical (unpaired) electrons. The summed E-state index contributed by atoms with van der Waals surface area (Å²) in [5.74, 6) is 7.94. The monoisotopic (exact) mass is 434 g/mol. The molecular weight excluding hydrogens is 405 g/mol. The molecule has 3 heterocycles. The fourth-order valence-corrected chi connectivity index (χ4v) is 7.24. The van der Waals surface area contributed by atoms with Crippen LogP contribution in [-0.4, -0.2) is 23.2 Å². The molecule has 0 aliphatic heterocycles. The van der Waals surface area contributed by atoms with Crippen molar-refractivity contribution in [3.8, 4) is 11.3 Å². The van der Waals surface area contributed by atoms with Crippen molar-refractivity contribution in [2.24, 2.45) is 5.92 Å². The normalized spacial score (nSPS) is 12.4. The number of pyridine rings is 2. The van der Waals surface area contributed by atoms with Gasteiger partial charge >= 0.3 is 170 Å². The number of aromatic nitrogens is 2. The summed E-state index contributed by atoms with van der Waals surface area (Å²) in [7, 11) is 0. The minimum absolute atomic E-state index is 0.618. The van der Waals surface area contributed by atoms with Gasteiger partial charge in [-0.1, -0.05) is 0 Å². The minimum atomic E-state index is -1.98. The Morgan fingerprint density at radius 1 is 1.04 bits per heavy atom. The van der Waals surface area contributed by atoms with Crippen molar-refractivity contribution in [3.05, 3.63) is 53.9 Å². The summed E-state index contributed by atoms with van der Waals surface area (Å²) in [6.07, 6.45) is 3.22. The van der Waals surface area contributed by atoms with E-state index in [2.05, 4.69) is 72.6 Å². The van der Waals surface area contributed by atoms with E-state index in [1.54, 1.807) is 0 Å². The topological polar surface area (TPSA) is 38.9 Å². The van der Waals surface area contributed by atoms with Gasteiger partial charge in [-0.2, -0.15) is 0 Å². The number of fused-ring (bicyclic) bond motifs is 3. The zero-order valence-corrected chi connectivity index (χ0v) is 19.7. The Labute approximate surface area is 169 Å². The molecule has 0 fully saturated rings. The average molecular weight is 433 g/mol. The van der Waals surface area contributed by atoms with Crippen molar-refractivity contribution in [2.75, 3.05) is 0 Å². The first-order chi connectivity index (χ1) is 13.2. The van der Waals surface area contributed by atoms with Gasteiger partial charge in [0, 0.05) is 0 Å². The summed E-state index contributed by atoms with van der Waals surface area (Å²) in [5, 5.41) is 2.16. The molecule has 0 amide bonds. The van der Waals surface area contributed by atoms with Gasteiger partial charge in [0.15, 0.2) is 0 Å². The molecule has 0 aliphatic carbocycles. The van der Waals surface area contributed by atoms with Crippen molar-refractivity contribution in [3.63, 3.8) is 0 Å². The number of benzene rings is 1. The van der Waals surface area contributed by atoms with Crippen molar-refractivity contribution >= 4 is 39.7 Å². The molecule has 0 bridgehead atoms. The SMILES string of the molecule is Cc1ccc2c(n1)oc1c(-c3cc(CC(C)C)[c]([Ge]([CH3])([CH3])[CH3])cn3)cccc12. The number of aryl methyl sites for hydroxylation is 1. The molecule has 3 aromatic heterocycles. The van der Waals surface area contributed by atoms with Gasteiger partial charge in [-0.25, -0.2) is 0 Å². The van der Waals surface area contributed by atoms with Gasteiger partial charge in [-0.05, 0) is 0 Å². The molecule has 0 unspecified atom stereocenters. The average Bonchev–Trinajstić information content (AvgIpc) is 2.97. The maximum absolute atomic E-state index is 6.20.